The number of rotatable bonds is 4. The van der Waals surface area contributed by atoms with Gasteiger partial charge in [-0.15, -0.1) is 0 Å². The van der Waals surface area contributed by atoms with Crippen molar-refractivity contribution in [2.45, 2.75) is 6.54 Å². The summed E-state index contributed by atoms with van der Waals surface area (Å²) < 4.78 is 0.677. The largest absolute Gasteiger partial charge is 0.374 e. The van der Waals surface area contributed by atoms with Crippen molar-refractivity contribution in [1.82, 2.24) is 9.97 Å². The number of imidazole rings is 1. The number of nitrogens with zero attached hydrogens (tertiary/aromatic N) is 2. The number of hydrogen-bond donors (Lipinski definition) is 2. The van der Waals surface area contributed by atoms with E-state index in [0.29, 0.717) is 16.7 Å². The Labute approximate surface area is 105 Å². The topological polar surface area (TPSA) is 83.8 Å². The molecule has 0 aliphatic carbocycles. The van der Waals surface area contributed by atoms with Gasteiger partial charge in [0, 0.05) is 16.7 Å². The average molecular weight is 297 g/mol. The second kappa shape index (κ2) is 4.96. The first kappa shape index (κ1) is 11.6. The molecule has 0 radical (unpaired) electrons. The standard InChI is InChI=1S/C10H9BrN4O2/c11-7-1-2-9(10(3-7)15(16)17)13-5-8-4-12-6-14-8/h1-4,6,13H,5H2,(H,12,14). The molecule has 1 aromatic heterocycles. The summed E-state index contributed by atoms with van der Waals surface area (Å²) in [6.45, 7) is 0.461. The van der Waals surface area contributed by atoms with Crippen molar-refractivity contribution in [3.8, 4) is 0 Å². The summed E-state index contributed by atoms with van der Waals surface area (Å²) in [5.41, 5.74) is 1.38. The van der Waals surface area contributed by atoms with Gasteiger partial charge in [-0.05, 0) is 12.1 Å². The van der Waals surface area contributed by atoms with Crippen LogP contribution in [0.2, 0.25) is 0 Å². The quantitative estimate of drug-likeness (QED) is 0.671. The first-order valence-corrected chi connectivity index (χ1v) is 5.61. The highest BCUT2D eigenvalue weighted by atomic mass is 79.9. The lowest BCUT2D eigenvalue weighted by Crippen LogP contribution is -2.02. The van der Waals surface area contributed by atoms with Gasteiger partial charge < -0.3 is 10.3 Å². The number of benzene rings is 1. The molecule has 1 aromatic carbocycles. The first-order valence-electron chi connectivity index (χ1n) is 4.82. The summed E-state index contributed by atoms with van der Waals surface area (Å²) in [7, 11) is 0. The predicted octanol–water partition coefficient (Wildman–Crippen LogP) is 2.69. The molecule has 0 amide bonds. The number of aromatic amines is 1. The molecular formula is C10H9BrN4O2. The minimum atomic E-state index is -0.417. The summed E-state index contributed by atoms with van der Waals surface area (Å²) >= 11 is 3.21. The number of nitro groups is 1. The van der Waals surface area contributed by atoms with E-state index in [9.17, 15) is 10.1 Å². The number of nitrogens with one attached hydrogen (secondary N) is 2. The molecule has 0 aliphatic heterocycles. The molecule has 2 N–H and O–H groups in total. The van der Waals surface area contributed by atoms with Crippen molar-refractivity contribution in [1.29, 1.82) is 0 Å². The molecule has 17 heavy (non-hydrogen) atoms. The van der Waals surface area contributed by atoms with Gasteiger partial charge in [0.05, 0.1) is 23.5 Å². The minimum Gasteiger partial charge on any atom is -0.374 e. The number of hydrogen-bond acceptors (Lipinski definition) is 4. The van der Waals surface area contributed by atoms with E-state index >= 15 is 0 Å². The fourth-order valence-electron chi connectivity index (χ4n) is 1.38. The van der Waals surface area contributed by atoms with Crippen LogP contribution in [-0.4, -0.2) is 14.9 Å². The third kappa shape index (κ3) is 2.82. The van der Waals surface area contributed by atoms with Crippen LogP contribution in [0.5, 0.6) is 0 Å². The van der Waals surface area contributed by atoms with Crippen molar-refractivity contribution in [2.75, 3.05) is 5.32 Å². The maximum Gasteiger partial charge on any atom is 0.293 e. The highest BCUT2D eigenvalue weighted by Gasteiger charge is 2.13. The lowest BCUT2D eigenvalue weighted by Gasteiger charge is -2.05. The van der Waals surface area contributed by atoms with Gasteiger partial charge in [0.2, 0.25) is 0 Å². The lowest BCUT2D eigenvalue weighted by molar-refractivity contribution is -0.384. The van der Waals surface area contributed by atoms with Gasteiger partial charge in [0.1, 0.15) is 5.69 Å². The second-order valence-corrected chi connectivity index (χ2v) is 4.26. The Morgan fingerprint density at radius 2 is 2.35 bits per heavy atom. The van der Waals surface area contributed by atoms with Crippen molar-refractivity contribution in [3.05, 3.63) is 51.0 Å². The van der Waals surface area contributed by atoms with Crippen LogP contribution < -0.4 is 5.32 Å². The molecular weight excluding hydrogens is 288 g/mol. The molecule has 0 atom stereocenters. The average Bonchev–Trinajstić information content (AvgIpc) is 2.80. The Bertz CT molecular complexity index is 527. The Kier molecular flexibility index (Phi) is 3.38. The zero-order chi connectivity index (χ0) is 12.3. The van der Waals surface area contributed by atoms with E-state index in [1.807, 2.05) is 0 Å². The van der Waals surface area contributed by atoms with E-state index in [4.69, 9.17) is 0 Å². The zero-order valence-corrected chi connectivity index (χ0v) is 10.3. The van der Waals surface area contributed by atoms with Crippen molar-refractivity contribution < 1.29 is 4.92 Å². The third-order valence-electron chi connectivity index (χ3n) is 2.18. The van der Waals surface area contributed by atoms with Gasteiger partial charge in [-0.25, -0.2) is 4.98 Å². The van der Waals surface area contributed by atoms with Gasteiger partial charge in [-0.3, -0.25) is 10.1 Å². The molecule has 0 fully saturated rings. The Balaban J connectivity index is 2.17. The highest BCUT2D eigenvalue weighted by Crippen LogP contribution is 2.28. The molecule has 0 saturated carbocycles. The van der Waals surface area contributed by atoms with Crippen LogP contribution in [-0.2, 0) is 6.54 Å². The molecule has 2 rings (SSSR count). The maximum absolute atomic E-state index is 10.9. The van der Waals surface area contributed by atoms with Gasteiger partial charge >= 0.3 is 0 Å². The number of halogens is 1. The molecule has 0 bridgehead atoms. The van der Waals surface area contributed by atoms with E-state index < -0.39 is 4.92 Å². The van der Waals surface area contributed by atoms with Crippen molar-refractivity contribution >= 4 is 27.3 Å². The smallest absolute Gasteiger partial charge is 0.293 e. The molecule has 7 heteroatoms. The highest BCUT2D eigenvalue weighted by molar-refractivity contribution is 9.10. The molecule has 0 unspecified atom stereocenters. The monoisotopic (exact) mass is 296 g/mol. The molecule has 1 heterocycles. The summed E-state index contributed by atoms with van der Waals surface area (Å²) in [4.78, 5) is 17.2. The third-order valence-corrected chi connectivity index (χ3v) is 2.67. The molecule has 0 saturated heterocycles. The number of nitro benzene ring substituents is 1. The van der Waals surface area contributed by atoms with Gasteiger partial charge in [-0.2, -0.15) is 0 Å². The Hall–Kier alpha value is -1.89. The predicted molar refractivity (Wildman–Crippen MR) is 66.7 cm³/mol. The summed E-state index contributed by atoms with van der Waals surface area (Å²) in [6, 6.07) is 4.89. The normalized spacial score (nSPS) is 10.2. The molecule has 0 spiro atoms. The van der Waals surface area contributed by atoms with Crippen LogP contribution in [0.25, 0.3) is 0 Å². The molecule has 0 aliphatic rings. The van der Waals surface area contributed by atoms with E-state index in [0.717, 1.165) is 5.69 Å². The van der Waals surface area contributed by atoms with Gasteiger partial charge in [0.15, 0.2) is 0 Å². The van der Waals surface area contributed by atoms with Crippen LogP contribution in [0.15, 0.2) is 35.2 Å². The van der Waals surface area contributed by atoms with Gasteiger partial charge in [0.25, 0.3) is 5.69 Å². The van der Waals surface area contributed by atoms with Crippen molar-refractivity contribution in [2.24, 2.45) is 0 Å². The number of aromatic nitrogens is 2. The maximum atomic E-state index is 10.9. The fraction of sp³-hybridized carbons (Fsp3) is 0.100. The van der Waals surface area contributed by atoms with E-state index in [2.05, 4.69) is 31.2 Å². The van der Waals surface area contributed by atoms with Crippen LogP contribution >= 0.6 is 15.9 Å². The van der Waals surface area contributed by atoms with Crippen LogP contribution in [0.4, 0.5) is 11.4 Å². The summed E-state index contributed by atoms with van der Waals surface area (Å²) in [5.74, 6) is 0. The fourth-order valence-corrected chi connectivity index (χ4v) is 1.73. The van der Waals surface area contributed by atoms with E-state index in [1.54, 1.807) is 24.7 Å². The van der Waals surface area contributed by atoms with Crippen LogP contribution in [0, 0.1) is 10.1 Å². The molecule has 88 valence electrons. The molecule has 2 aromatic rings. The van der Waals surface area contributed by atoms with Crippen LogP contribution in [0.1, 0.15) is 5.69 Å². The Morgan fingerprint density at radius 3 is 3.00 bits per heavy atom. The minimum absolute atomic E-state index is 0.0406. The molecule has 6 nitrogen and oxygen atoms in total. The van der Waals surface area contributed by atoms with Crippen LogP contribution in [0.3, 0.4) is 0 Å². The van der Waals surface area contributed by atoms with E-state index in [1.165, 1.54) is 6.07 Å². The first-order chi connectivity index (χ1) is 8.16. The lowest BCUT2D eigenvalue weighted by atomic mass is 10.2. The summed E-state index contributed by atoms with van der Waals surface area (Å²) in [5, 5.41) is 13.9. The van der Waals surface area contributed by atoms with Gasteiger partial charge in [-0.1, -0.05) is 15.9 Å². The second-order valence-electron chi connectivity index (χ2n) is 3.35. The van der Waals surface area contributed by atoms with E-state index in [-0.39, 0.29) is 5.69 Å². The number of anilines is 1. The SMILES string of the molecule is O=[N+]([O-])c1cc(Br)ccc1NCc1cnc[nH]1. The van der Waals surface area contributed by atoms with Crippen molar-refractivity contribution in [3.63, 3.8) is 0 Å². The zero-order valence-electron chi connectivity index (χ0n) is 8.68. The Morgan fingerprint density at radius 1 is 1.53 bits per heavy atom. The summed E-state index contributed by atoms with van der Waals surface area (Å²) in [6.07, 6.45) is 3.23. The number of H-pyrrole nitrogens is 1.